The van der Waals surface area contributed by atoms with Crippen molar-refractivity contribution in [2.45, 2.75) is 39.8 Å². The first-order valence-electron chi connectivity index (χ1n) is 9.36. The Bertz CT molecular complexity index is 953. The number of fused-ring (bicyclic) bond motifs is 1. The monoisotopic (exact) mass is 386 g/mol. The molecule has 0 bridgehead atoms. The van der Waals surface area contributed by atoms with Crippen LogP contribution in [0, 0.1) is 6.92 Å². The van der Waals surface area contributed by atoms with Crippen LogP contribution in [-0.4, -0.2) is 63.1 Å². The first-order valence-corrected chi connectivity index (χ1v) is 9.36. The fourth-order valence-electron chi connectivity index (χ4n) is 3.16. The molecular weight excluding hydrogens is 360 g/mol. The zero-order chi connectivity index (χ0) is 20.5. The minimum atomic E-state index is -0.549. The average molecular weight is 386 g/mol. The first kappa shape index (κ1) is 19.9. The highest BCUT2D eigenvalue weighted by Crippen LogP contribution is 2.13. The number of piperazine rings is 1. The van der Waals surface area contributed by atoms with Crippen LogP contribution in [0.15, 0.2) is 29.3 Å². The second-order valence-electron chi connectivity index (χ2n) is 8.00. The Morgan fingerprint density at radius 2 is 1.75 bits per heavy atom. The minimum absolute atomic E-state index is 0.0673. The van der Waals surface area contributed by atoms with Crippen molar-refractivity contribution in [1.82, 2.24) is 19.4 Å². The van der Waals surface area contributed by atoms with Gasteiger partial charge in [-0.2, -0.15) is 0 Å². The van der Waals surface area contributed by atoms with Crippen LogP contribution in [0.4, 0.5) is 4.79 Å². The van der Waals surface area contributed by atoms with Gasteiger partial charge in [-0.25, -0.2) is 9.78 Å². The van der Waals surface area contributed by atoms with Crippen LogP contribution in [-0.2, 0) is 16.1 Å². The maximum Gasteiger partial charge on any atom is 0.410 e. The fraction of sp³-hybridized carbons (Fsp3) is 0.500. The summed E-state index contributed by atoms with van der Waals surface area (Å²) < 4.78 is 6.70. The van der Waals surface area contributed by atoms with E-state index in [2.05, 4.69) is 4.98 Å². The van der Waals surface area contributed by atoms with E-state index in [4.69, 9.17) is 4.74 Å². The SMILES string of the molecule is Cc1cccc2c(=O)n(CC(=O)N3CCN(C(=O)OC(C)(C)C)CC3)cnc12. The van der Waals surface area contributed by atoms with Gasteiger partial charge in [-0.3, -0.25) is 14.2 Å². The summed E-state index contributed by atoms with van der Waals surface area (Å²) in [6.45, 7) is 8.93. The third-order valence-electron chi connectivity index (χ3n) is 4.64. The first-order chi connectivity index (χ1) is 13.2. The molecular formula is C20H26N4O4. The fourth-order valence-corrected chi connectivity index (χ4v) is 3.16. The lowest BCUT2D eigenvalue weighted by atomic mass is 10.1. The van der Waals surface area contributed by atoms with Crippen LogP contribution < -0.4 is 5.56 Å². The summed E-state index contributed by atoms with van der Waals surface area (Å²) in [7, 11) is 0. The normalized spacial score (nSPS) is 15.0. The Balaban J connectivity index is 1.64. The average Bonchev–Trinajstić information content (AvgIpc) is 2.63. The molecule has 0 aliphatic carbocycles. The van der Waals surface area contributed by atoms with Crippen molar-refractivity contribution >= 4 is 22.9 Å². The molecule has 28 heavy (non-hydrogen) atoms. The van der Waals surface area contributed by atoms with Crippen molar-refractivity contribution in [3.05, 3.63) is 40.4 Å². The number of hydrogen-bond donors (Lipinski definition) is 0. The van der Waals surface area contributed by atoms with E-state index in [0.717, 1.165) is 5.56 Å². The highest BCUT2D eigenvalue weighted by molar-refractivity contribution is 5.81. The van der Waals surface area contributed by atoms with E-state index in [-0.39, 0.29) is 24.1 Å². The molecule has 150 valence electrons. The van der Waals surface area contributed by atoms with Crippen molar-refractivity contribution in [3.8, 4) is 0 Å². The molecule has 0 N–H and O–H groups in total. The Kier molecular flexibility index (Phi) is 5.40. The lowest BCUT2D eigenvalue weighted by molar-refractivity contribution is -0.133. The standard InChI is InChI=1S/C20H26N4O4/c1-14-6-5-7-15-17(14)21-13-24(18(15)26)12-16(25)22-8-10-23(11-9-22)19(27)28-20(2,3)4/h5-7,13H,8-12H2,1-4H3. The van der Waals surface area contributed by atoms with Crippen molar-refractivity contribution in [2.24, 2.45) is 0 Å². The smallest absolute Gasteiger partial charge is 0.410 e. The second kappa shape index (κ2) is 7.61. The van der Waals surface area contributed by atoms with E-state index in [1.165, 1.54) is 10.9 Å². The summed E-state index contributed by atoms with van der Waals surface area (Å²) in [5.41, 5.74) is 0.801. The maximum absolute atomic E-state index is 12.7. The molecule has 2 aromatic rings. The van der Waals surface area contributed by atoms with Gasteiger partial charge in [0, 0.05) is 26.2 Å². The van der Waals surface area contributed by atoms with Gasteiger partial charge in [0.1, 0.15) is 12.1 Å². The molecule has 2 heterocycles. The van der Waals surface area contributed by atoms with Crippen LogP contribution in [0.25, 0.3) is 10.9 Å². The number of aryl methyl sites for hydroxylation is 1. The van der Waals surface area contributed by atoms with Crippen LogP contribution in [0.1, 0.15) is 26.3 Å². The predicted molar refractivity (Wildman–Crippen MR) is 105 cm³/mol. The Morgan fingerprint density at radius 3 is 2.39 bits per heavy atom. The number of para-hydroxylation sites is 1. The van der Waals surface area contributed by atoms with Gasteiger partial charge in [0.2, 0.25) is 5.91 Å². The van der Waals surface area contributed by atoms with Gasteiger partial charge in [0.05, 0.1) is 17.2 Å². The van der Waals surface area contributed by atoms with Crippen molar-refractivity contribution < 1.29 is 14.3 Å². The van der Waals surface area contributed by atoms with Crippen LogP contribution in [0.5, 0.6) is 0 Å². The molecule has 0 spiro atoms. The zero-order valence-electron chi connectivity index (χ0n) is 16.8. The Morgan fingerprint density at radius 1 is 1.11 bits per heavy atom. The summed E-state index contributed by atoms with van der Waals surface area (Å²) >= 11 is 0. The third kappa shape index (κ3) is 4.32. The number of aromatic nitrogens is 2. The molecule has 0 radical (unpaired) electrons. The zero-order valence-corrected chi connectivity index (χ0v) is 16.8. The number of rotatable bonds is 2. The summed E-state index contributed by atoms with van der Waals surface area (Å²) in [6, 6.07) is 5.43. The van der Waals surface area contributed by atoms with Gasteiger partial charge < -0.3 is 14.5 Å². The highest BCUT2D eigenvalue weighted by Gasteiger charge is 2.27. The quantitative estimate of drug-likeness (QED) is 0.786. The van der Waals surface area contributed by atoms with Gasteiger partial charge in [-0.1, -0.05) is 12.1 Å². The molecule has 0 atom stereocenters. The molecule has 1 aliphatic heterocycles. The van der Waals surface area contributed by atoms with Crippen LogP contribution in [0.3, 0.4) is 0 Å². The van der Waals surface area contributed by atoms with Crippen LogP contribution >= 0.6 is 0 Å². The molecule has 8 heteroatoms. The molecule has 8 nitrogen and oxygen atoms in total. The van der Waals surface area contributed by atoms with E-state index in [9.17, 15) is 14.4 Å². The third-order valence-corrected chi connectivity index (χ3v) is 4.64. The largest absolute Gasteiger partial charge is 0.444 e. The topological polar surface area (TPSA) is 84.7 Å². The maximum atomic E-state index is 12.7. The van der Waals surface area contributed by atoms with Gasteiger partial charge in [-0.05, 0) is 39.3 Å². The molecule has 1 aromatic carbocycles. The molecule has 0 saturated carbocycles. The number of carbonyl (C=O) groups is 2. The summed E-state index contributed by atoms with van der Waals surface area (Å²) in [5, 5.41) is 0.505. The molecule has 3 rings (SSSR count). The number of hydrogen-bond acceptors (Lipinski definition) is 5. The molecule has 1 aromatic heterocycles. The summed E-state index contributed by atoms with van der Waals surface area (Å²) in [6.07, 6.45) is 1.05. The van der Waals surface area contributed by atoms with E-state index < -0.39 is 5.60 Å². The molecule has 1 aliphatic rings. The summed E-state index contributed by atoms with van der Waals surface area (Å²) in [5.74, 6) is -0.167. The predicted octanol–water partition coefficient (Wildman–Crippen LogP) is 1.78. The lowest BCUT2D eigenvalue weighted by Crippen LogP contribution is -2.52. The number of amides is 2. The Hall–Kier alpha value is -2.90. The van der Waals surface area contributed by atoms with Crippen molar-refractivity contribution in [1.29, 1.82) is 0 Å². The van der Waals surface area contributed by atoms with E-state index in [1.54, 1.807) is 15.9 Å². The molecule has 1 fully saturated rings. The van der Waals surface area contributed by atoms with E-state index in [0.29, 0.717) is 37.1 Å². The lowest BCUT2D eigenvalue weighted by Gasteiger charge is -2.35. The van der Waals surface area contributed by atoms with Gasteiger partial charge >= 0.3 is 6.09 Å². The van der Waals surface area contributed by atoms with Gasteiger partial charge in [0.25, 0.3) is 5.56 Å². The van der Waals surface area contributed by atoms with Crippen LogP contribution in [0.2, 0.25) is 0 Å². The minimum Gasteiger partial charge on any atom is -0.444 e. The number of ether oxygens (including phenoxy) is 1. The number of benzene rings is 1. The molecule has 1 saturated heterocycles. The molecule has 0 unspecified atom stereocenters. The van der Waals surface area contributed by atoms with Gasteiger partial charge in [0.15, 0.2) is 0 Å². The second-order valence-corrected chi connectivity index (χ2v) is 8.00. The Labute approximate surface area is 163 Å². The molecule has 2 amide bonds. The highest BCUT2D eigenvalue weighted by atomic mass is 16.6. The number of carbonyl (C=O) groups excluding carboxylic acids is 2. The van der Waals surface area contributed by atoms with Crippen molar-refractivity contribution in [3.63, 3.8) is 0 Å². The summed E-state index contributed by atoms with van der Waals surface area (Å²) in [4.78, 5) is 45.0. The van der Waals surface area contributed by atoms with Gasteiger partial charge in [-0.15, -0.1) is 0 Å². The van der Waals surface area contributed by atoms with E-state index >= 15 is 0 Å². The number of nitrogens with zero attached hydrogens (tertiary/aromatic N) is 4. The van der Waals surface area contributed by atoms with E-state index in [1.807, 2.05) is 39.8 Å². The van der Waals surface area contributed by atoms with Crippen molar-refractivity contribution in [2.75, 3.05) is 26.2 Å².